The maximum absolute atomic E-state index is 9.27. The first-order valence-electron chi connectivity index (χ1n) is 6.15. The molecule has 0 spiro atoms. The standard InChI is InChI=1S/C12H22N2OS/c1-2-6-14-12(10-13)5-4-11(9-12)16-8-3-7-15/h11,14-15H,2-9H2,1H3. The zero-order valence-electron chi connectivity index (χ0n) is 10.0. The van der Waals surface area contributed by atoms with Crippen LogP contribution in [0.1, 0.15) is 39.0 Å². The highest BCUT2D eigenvalue weighted by Crippen LogP contribution is 2.36. The van der Waals surface area contributed by atoms with E-state index in [0.29, 0.717) is 5.25 Å². The van der Waals surface area contributed by atoms with Crippen LogP contribution in [0.2, 0.25) is 0 Å². The van der Waals surface area contributed by atoms with E-state index >= 15 is 0 Å². The van der Waals surface area contributed by atoms with Crippen LogP contribution in [0.4, 0.5) is 0 Å². The number of hydrogen-bond donors (Lipinski definition) is 2. The maximum Gasteiger partial charge on any atom is 0.107 e. The van der Waals surface area contributed by atoms with Crippen LogP contribution in [0.3, 0.4) is 0 Å². The summed E-state index contributed by atoms with van der Waals surface area (Å²) in [6.07, 6.45) is 5.00. The van der Waals surface area contributed by atoms with Gasteiger partial charge in [-0.1, -0.05) is 6.92 Å². The minimum Gasteiger partial charge on any atom is -0.396 e. The third kappa shape index (κ3) is 3.97. The average molecular weight is 242 g/mol. The lowest BCUT2D eigenvalue weighted by Gasteiger charge is -2.22. The molecular weight excluding hydrogens is 220 g/mol. The summed E-state index contributed by atoms with van der Waals surface area (Å²) < 4.78 is 0. The van der Waals surface area contributed by atoms with E-state index in [1.807, 2.05) is 11.8 Å². The lowest BCUT2D eigenvalue weighted by atomic mass is 10.00. The van der Waals surface area contributed by atoms with Gasteiger partial charge in [0.25, 0.3) is 0 Å². The molecule has 2 atom stereocenters. The Bertz CT molecular complexity index is 242. The molecule has 1 saturated carbocycles. The van der Waals surface area contributed by atoms with Gasteiger partial charge in [0.15, 0.2) is 0 Å². The number of nitriles is 1. The predicted octanol–water partition coefficient (Wildman–Crippen LogP) is 1.92. The number of thioether (sulfide) groups is 1. The summed E-state index contributed by atoms with van der Waals surface area (Å²) in [7, 11) is 0. The maximum atomic E-state index is 9.27. The van der Waals surface area contributed by atoms with E-state index in [0.717, 1.165) is 44.4 Å². The number of aliphatic hydroxyl groups is 1. The molecule has 3 nitrogen and oxygen atoms in total. The Kier molecular flexibility index (Phi) is 6.18. The van der Waals surface area contributed by atoms with Gasteiger partial charge in [-0.15, -0.1) is 0 Å². The second-order valence-corrected chi connectivity index (χ2v) is 5.84. The topological polar surface area (TPSA) is 56.0 Å². The largest absolute Gasteiger partial charge is 0.396 e. The molecule has 4 heteroatoms. The molecule has 0 saturated heterocycles. The van der Waals surface area contributed by atoms with Gasteiger partial charge in [-0.3, -0.25) is 5.32 Å². The molecule has 0 amide bonds. The van der Waals surface area contributed by atoms with Crippen molar-refractivity contribution >= 4 is 11.8 Å². The molecule has 0 aromatic carbocycles. The van der Waals surface area contributed by atoms with E-state index in [2.05, 4.69) is 18.3 Å². The van der Waals surface area contributed by atoms with Gasteiger partial charge in [-0.25, -0.2) is 0 Å². The molecule has 0 aromatic rings. The fraction of sp³-hybridized carbons (Fsp3) is 0.917. The fourth-order valence-electron chi connectivity index (χ4n) is 2.12. The van der Waals surface area contributed by atoms with Gasteiger partial charge in [0, 0.05) is 11.9 Å². The van der Waals surface area contributed by atoms with Crippen LogP contribution in [0, 0.1) is 11.3 Å². The first-order chi connectivity index (χ1) is 7.76. The van der Waals surface area contributed by atoms with E-state index in [-0.39, 0.29) is 12.1 Å². The predicted molar refractivity (Wildman–Crippen MR) is 68.4 cm³/mol. The van der Waals surface area contributed by atoms with Gasteiger partial charge in [-0.2, -0.15) is 17.0 Å². The Balaban J connectivity index is 2.33. The molecule has 1 aliphatic rings. The summed E-state index contributed by atoms with van der Waals surface area (Å²) in [5.74, 6) is 1.01. The summed E-state index contributed by atoms with van der Waals surface area (Å²) in [4.78, 5) is 0. The highest BCUT2D eigenvalue weighted by atomic mass is 32.2. The summed E-state index contributed by atoms with van der Waals surface area (Å²) >= 11 is 1.91. The van der Waals surface area contributed by atoms with Crippen molar-refractivity contribution in [1.29, 1.82) is 5.26 Å². The molecule has 0 heterocycles. The zero-order valence-corrected chi connectivity index (χ0v) is 10.9. The molecule has 0 aromatic heterocycles. The second kappa shape index (κ2) is 7.16. The Morgan fingerprint density at radius 3 is 3.06 bits per heavy atom. The van der Waals surface area contributed by atoms with Crippen molar-refractivity contribution in [3.8, 4) is 6.07 Å². The zero-order chi connectivity index (χ0) is 11.9. The summed E-state index contributed by atoms with van der Waals surface area (Å²) in [5.41, 5.74) is -0.271. The minimum absolute atomic E-state index is 0.271. The third-order valence-corrected chi connectivity index (χ3v) is 4.45. The number of nitrogens with zero attached hydrogens (tertiary/aromatic N) is 1. The molecule has 0 radical (unpaired) electrons. The van der Waals surface area contributed by atoms with Crippen LogP contribution in [-0.2, 0) is 0 Å². The summed E-state index contributed by atoms with van der Waals surface area (Å²) in [6, 6.07) is 2.46. The van der Waals surface area contributed by atoms with Gasteiger partial charge in [0.05, 0.1) is 6.07 Å². The molecule has 0 aliphatic heterocycles. The molecule has 2 unspecified atom stereocenters. The summed E-state index contributed by atoms with van der Waals surface area (Å²) in [5, 5.41) is 22.0. The summed E-state index contributed by atoms with van der Waals surface area (Å²) in [6.45, 7) is 3.33. The lowest BCUT2D eigenvalue weighted by Crippen LogP contribution is -2.42. The van der Waals surface area contributed by atoms with Crippen molar-refractivity contribution in [3.63, 3.8) is 0 Å². The molecule has 16 heavy (non-hydrogen) atoms. The van der Waals surface area contributed by atoms with E-state index in [1.54, 1.807) is 0 Å². The number of hydrogen-bond acceptors (Lipinski definition) is 4. The highest BCUT2D eigenvalue weighted by molar-refractivity contribution is 7.99. The van der Waals surface area contributed by atoms with Crippen LogP contribution < -0.4 is 5.32 Å². The number of aliphatic hydroxyl groups excluding tert-OH is 1. The van der Waals surface area contributed by atoms with Crippen molar-refractivity contribution in [1.82, 2.24) is 5.32 Å². The van der Waals surface area contributed by atoms with Gasteiger partial charge in [0.2, 0.25) is 0 Å². The van der Waals surface area contributed by atoms with E-state index < -0.39 is 0 Å². The fourth-order valence-corrected chi connectivity index (χ4v) is 3.44. The highest BCUT2D eigenvalue weighted by Gasteiger charge is 2.38. The Morgan fingerprint density at radius 2 is 2.44 bits per heavy atom. The van der Waals surface area contributed by atoms with Crippen molar-refractivity contribution in [3.05, 3.63) is 0 Å². The first kappa shape index (κ1) is 13.8. The van der Waals surface area contributed by atoms with Crippen molar-refractivity contribution in [2.45, 2.75) is 49.8 Å². The normalized spacial score (nSPS) is 29.2. The Hall–Kier alpha value is -0.240. The van der Waals surface area contributed by atoms with E-state index in [9.17, 15) is 5.26 Å². The quantitative estimate of drug-likeness (QED) is 0.670. The van der Waals surface area contributed by atoms with Crippen LogP contribution in [0.25, 0.3) is 0 Å². The van der Waals surface area contributed by atoms with E-state index in [1.165, 1.54) is 0 Å². The average Bonchev–Trinajstić information content (AvgIpc) is 2.71. The van der Waals surface area contributed by atoms with Gasteiger partial charge < -0.3 is 5.11 Å². The van der Waals surface area contributed by atoms with Crippen molar-refractivity contribution in [2.75, 3.05) is 18.9 Å². The monoisotopic (exact) mass is 242 g/mol. The Morgan fingerprint density at radius 1 is 1.62 bits per heavy atom. The van der Waals surface area contributed by atoms with Crippen molar-refractivity contribution < 1.29 is 5.11 Å². The SMILES string of the molecule is CCCNC1(C#N)CCC(SCCCO)C1. The molecule has 2 N–H and O–H groups in total. The molecule has 0 bridgehead atoms. The van der Waals surface area contributed by atoms with Crippen LogP contribution >= 0.6 is 11.8 Å². The minimum atomic E-state index is -0.271. The van der Waals surface area contributed by atoms with Crippen LogP contribution in [0.5, 0.6) is 0 Å². The Labute approximate surface area is 103 Å². The van der Waals surface area contributed by atoms with Gasteiger partial charge in [0.1, 0.15) is 5.54 Å². The smallest absolute Gasteiger partial charge is 0.107 e. The number of rotatable bonds is 7. The second-order valence-electron chi connectivity index (χ2n) is 4.43. The molecule has 1 rings (SSSR count). The molecule has 1 fully saturated rings. The third-order valence-electron chi connectivity index (χ3n) is 3.05. The lowest BCUT2D eigenvalue weighted by molar-refractivity contribution is 0.296. The van der Waals surface area contributed by atoms with Crippen LogP contribution in [0.15, 0.2) is 0 Å². The first-order valence-corrected chi connectivity index (χ1v) is 7.20. The van der Waals surface area contributed by atoms with Gasteiger partial charge >= 0.3 is 0 Å². The molecule has 92 valence electrons. The number of nitrogens with one attached hydrogen (secondary N) is 1. The van der Waals surface area contributed by atoms with Crippen LogP contribution in [-0.4, -0.2) is 34.8 Å². The molecule has 1 aliphatic carbocycles. The molecular formula is C12H22N2OS. The van der Waals surface area contributed by atoms with Gasteiger partial charge in [-0.05, 0) is 44.4 Å². The van der Waals surface area contributed by atoms with E-state index in [4.69, 9.17) is 5.11 Å². The van der Waals surface area contributed by atoms with Crippen molar-refractivity contribution in [2.24, 2.45) is 0 Å².